The molecule has 4 nitrogen and oxygen atoms in total. The topological polar surface area (TPSA) is 58.2 Å². The highest BCUT2D eigenvalue weighted by atomic mass is 32.1. The largest absolute Gasteiger partial charge is 0.302 e. The molecule has 0 unspecified atom stereocenters. The molecule has 1 aliphatic carbocycles. The highest BCUT2D eigenvalue weighted by Gasteiger charge is 2.31. The summed E-state index contributed by atoms with van der Waals surface area (Å²) in [7, 11) is 0. The van der Waals surface area contributed by atoms with Gasteiger partial charge in [-0.25, -0.2) is 0 Å². The lowest BCUT2D eigenvalue weighted by Gasteiger charge is -2.21. The van der Waals surface area contributed by atoms with Gasteiger partial charge in [0.1, 0.15) is 5.92 Å². The quantitative estimate of drug-likeness (QED) is 0.601. The van der Waals surface area contributed by atoms with Crippen molar-refractivity contribution in [3.05, 3.63) is 23.8 Å². The smallest absolute Gasteiger partial charge is 0.239 e. The van der Waals surface area contributed by atoms with Gasteiger partial charge in [-0.15, -0.1) is 0 Å². The molecule has 2 N–H and O–H groups in total. The first-order valence-electron chi connectivity index (χ1n) is 6.18. The minimum absolute atomic E-state index is 0.0974. The summed E-state index contributed by atoms with van der Waals surface area (Å²) in [6, 6.07) is 0. The van der Waals surface area contributed by atoms with Gasteiger partial charge in [-0.1, -0.05) is 23.8 Å². The summed E-state index contributed by atoms with van der Waals surface area (Å²) in [6.07, 6.45) is 11.2. The molecule has 1 heterocycles. The number of thiocarbonyl (C=S) groups is 1. The zero-order valence-electron chi connectivity index (χ0n) is 10.1. The van der Waals surface area contributed by atoms with Crippen molar-refractivity contribution in [2.24, 2.45) is 5.92 Å². The number of hydrogen-bond donors (Lipinski definition) is 2. The molecule has 0 atom stereocenters. The van der Waals surface area contributed by atoms with Crippen molar-refractivity contribution in [2.45, 2.75) is 32.1 Å². The normalized spacial score (nSPS) is 21.8. The minimum Gasteiger partial charge on any atom is -0.302 e. The Morgan fingerprint density at radius 2 is 2.00 bits per heavy atom. The lowest BCUT2D eigenvalue weighted by Crippen LogP contribution is -2.55. The van der Waals surface area contributed by atoms with Crippen molar-refractivity contribution in [1.29, 1.82) is 0 Å². The second-order valence-electron chi connectivity index (χ2n) is 4.52. The third-order valence-corrected chi connectivity index (χ3v) is 3.34. The molecule has 0 aromatic carbocycles. The zero-order valence-corrected chi connectivity index (χ0v) is 10.9. The van der Waals surface area contributed by atoms with Crippen LogP contribution in [0.1, 0.15) is 32.1 Å². The average molecular weight is 264 g/mol. The Hall–Kier alpha value is -1.49. The molecule has 0 aromatic rings. The van der Waals surface area contributed by atoms with Crippen LogP contribution in [0.4, 0.5) is 0 Å². The van der Waals surface area contributed by atoms with E-state index in [4.69, 9.17) is 12.2 Å². The Kier molecular flexibility index (Phi) is 4.25. The molecule has 0 saturated carbocycles. The van der Waals surface area contributed by atoms with Crippen molar-refractivity contribution in [3.8, 4) is 0 Å². The molecular weight excluding hydrogens is 248 g/mol. The van der Waals surface area contributed by atoms with Gasteiger partial charge in [-0.3, -0.25) is 9.59 Å². The van der Waals surface area contributed by atoms with Crippen LogP contribution in [0.3, 0.4) is 0 Å². The summed E-state index contributed by atoms with van der Waals surface area (Å²) < 4.78 is 0. The lowest BCUT2D eigenvalue weighted by molar-refractivity contribution is -0.134. The molecule has 2 rings (SSSR count). The first-order valence-corrected chi connectivity index (χ1v) is 6.59. The van der Waals surface area contributed by atoms with E-state index in [1.54, 1.807) is 0 Å². The molecular formula is C13H16N2O2S. The van der Waals surface area contributed by atoms with Crippen LogP contribution in [0.2, 0.25) is 0 Å². The standard InChI is InChI=1S/C13H16N2O2S/c16-11-10(12(17)15-13(18)14-11)8-4-7-9-5-2-1-3-6-9/h4-5,7,10H,1-3,6,8H2,(H2,14,15,16,17,18). The number of carbonyl (C=O) groups excluding carboxylic acids is 2. The van der Waals surface area contributed by atoms with Gasteiger partial charge in [0.05, 0.1) is 0 Å². The average Bonchev–Trinajstić information content (AvgIpc) is 2.34. The number of rotatable bonds is 3. The van der Waals surface area contributed by atoms with Gasteiger partial charge < -0.3 is 10.6 Å². The van der Waals surface area contributed by atoms with Crippen LogP contribution in [0.25, 0.3) is 0 Å². The molecule has 0 bridgehead atoms. The van der Waals surface area contributed by atoms with Gasteiger partial charge >= 0.3 is 0 Å². The molecule has 0 radical (unpaired) electrons. The van der Waals surface area contributed by atoms with Crippen molar-refractivity contribution in [3.63, 3.8) is 0 Å². The Bertz CT molecular complexity index is 420. The van der Waals surface area contributed by atoms with Gasteiger partial charge in [-0.05, 0) is 44.3 Å². The van der Waals surface area contributed by atoms with Gasteiger partial charge in [0.25, 0.3) is 0 Å². The van der Waals surface area contributed by atoms with Crippen LogP contribution in [0.5, 0.6) is 0 Å². The third kappa shape index (κ3) is 3.26. The number of allylic oxidation sites excluding steroid dienone is 4. The van der Waals surface area contributed by atoms with E-state index >= 15 is 0 Å². The van der Waals surface area contributed by atoms with Crippen molar-refractivity contribution < 1.29 is 9.59 Å². The maximum atomic E-state index is 11.6. The third-order valence-electron chi connectivity index (χ3n) is 3.14. The van der Waals surface area contributed by atoms with E-state index in [1.807, 2.05) is 12.2 Å². The number of nitrogens with one attached hydrogen (secondary N) is 2. The summed E-state index contributed by atoms with van der Waals surface area (Å²) in [5, 5.41) is 5.02. The summed E-state index contributed by atoms with van der Waals surface area (Å²) in [4.78, 5) is 23.2. The lowest BCUT2D eigenvalue weighted by atomic mass is 9.97. The van der Waals surface area contributed by atoms with Crippen LogP contribution in [0.15, 0.2) is 23.8 Å². The first kappa shape index (κ1) is 13.0. The van der Waals surface area contributed by atoms with Gasteiger partial charge in [0.15, 0.2) is 5.11 Å². The van der Waals surface area contributed by atoms with E-state index in [2.05, 4.69) is 16.7 Å². The van der Waals surface area contributed by atoms with E-state index in [0.717, 1.165) is 12.8 Å². The minimum atomic E-state index is -0.669. The number of hydrogen-bond acceptors (Lipinski definition) is 3. The highest BCUT2D eigenvalue weighted by Crippen LogP contribution is 2.19. The molecule has 2 aliphatic rings. The molecule has 1 fully saturated rings. The predicted molar refractivity (Wildman–Crippen MR) is 72.7 cm³/mol. The molecule has 96 valence electrons. The van der Waals surface area contributed by atoms with E-state index in [1.165, 1.54) is 18.4 Å². The van der Waals surface area contributed by atoms with E-state index < -0.39 is 5.92 Å². The molecule has 5 heteroatoms. The zero-order chi connectivity index (χ0) is 13.0. The van der Waals surface area contributed by atoms with Crippen LogP contribution in [0, 0.1) is 5.92 Å². The SMILES string of the molecule is O=C1NC(=S)NC(=O)C1CC=CC1=CCCCC1. The molecule has 2 amide bonds. The molecule has 0 aromatic heterocycles. The second kappa shape index (κ2) is 5.91. The molecule has 1 saturated heterocycles. The Morgan fingerprint density at radius 1 is 1.28 bits per heavy atom. The van der Waals surface area contributed by atoms with Crippen LogP contribution < -0.4 is 10.6 Å². The Morgan fingerprint density at radius 3 is 2.61 bits per heavy atom. The van der Waals surface area contributed by atoms with Crippen molar-refractivity contribution >= 4 is 29.1 Å². The fourth-order valence-electron chi connectivity index (χ4n) is 2.13. The maximum Gasteiger partial charge on any atom is 0.239 e. The van der Waals surface area contributed by atoms with E-state index in [0.29, 0.717) is 6.42 Å². The van der Waals surface area contributed by atoms with Crippen molar-refractivity contribution in [1.82, 2.24) is 10.6 Å². The fourth-order valence-corrected chi connectivity index (χ4v) is 2.33. The van der Waals surface area contributed by atoms with Gasteiger partial charge in [0, 0.05) is 0 Å². The van der Waals surface area contributed by atoms with Crippen LogP contribution in [-0.2, 0) is 9.59 Å². The van der Waals surface area contributed by atoms with Crippen LogP contribution >= 0.6 is 12.2 Å². The molecule has 0 spiro atoms. The summed E-state index contributed by atoms with van der Waals surface area (Å²) >= 11 is 4.74. The first-order chi connectivity index (χ1) is 8.66. The molecule has 18 heavy (non-hydrogen) atoms. The van der Waals surface area contributed by atoms with Crippen LogP contribution in [-0.4, -0.2) is 16.9 Å². The maximum absolute atomic E-state index is 11.6. The fraction of sp³-hybridized carbons (Fsp3) is 0.462. The van der Waals surface area contributed by atoms with E-state index in [-0.39, 0.29) is 16.9 Å². The van der Waals surface area contributed by atoms with E-state index in [9.17, 15) is 9.59 Å². The summed E-state index contributed by atoms with van der Waals surface area (Å²) in [5.41, 5.74) is 1.30. The highest BCUT2D eigenvalue weighted by molar-refractivity contribution is 7.80. The van der Waals surface area contributed by atoms with Gasteiger partial charge in [0.2, 0.25) is 11.8 Å². The predicted octanol–water partition coefficient (Wildman–Crippen LogP) is 1.58. The Labute approximate surface area is 112 Å². The summed E-state index contributed by atoms with van der Waals surface area (Å²) in [5.74, 6) is -1.30. The van der Waals surface area contributed by atoms with Crippen molar-refractivity contribution in [2.75, 3.05) is 0 Å². The summed E-state index contributed by atoms with van der Waals surface area (Å²) in [6.45, 7) is 0. The monoisotopic (exact) mass is 264 g/mol. The number of carbonyl (C=O) groups is 2. The molecule has 1 aliphatic heterocycles. The Balaban J connectivity index is 1.91. The number of amides is 2. The second-order valence-corrected chi connectivity index (χ2v) is 4.93. The van der Waals surface area contributed by atoms with Gasteiger partial charge in [-0.2, -0.15) is 0 Å².